The van der Waals surface area contributed by atoms with Crippen molar-refractivity contribution in [3.05, 3.63) is 71.0 Å². The molecule has 0 aliphatic carbocycles. The van der Waals surface area contributed by atoms with Gasteiger partial charge in [0.05, 0.1) is 39.9 Å². The molecule has 0 radical (unpaired) electrons. The minimum Gasteiger partial charge on any atom is -0.397 e. The maximum Gasteiger partial charge on any atom is 0.435 e. The molecule has 2 amide bonds. The molecule has 216 valence electrons. The standard InChI is InChI=1S/C25H23ClF3N9O2.ClH/c1-36-19(17-13-38(35-21(17)25(27,28)29)20-5-2-14(30)11-32-20)12-33-22(36)23(39)34-15-3-4-16(18(26)10-15)24(40)37-8-6-31-7-9-37;/h2-5,10-13,31H,6-9,30H2,1H3,(H,34,39);1H. The molecular weight excluding hydrogens is 586 g/mol. The van der Waals surface area contributed by atoms with Crippen molar-refractivity contribution in [2.24, 2.45) is 7.05 Å². The van der Waals surface area contributed by atoms with Crippen LogP contribution in [0.4, 0.5) is 24.5 Å². The molecule has 0 spiro atoms. The fraction of sp³-hybridized carbons (Fsp3) is 0.240. The van der Waals surface area contributed by atoms with Gasteiger partial charge in [-0.2, -0.15) is 18.3 Å². The van der Waals surface area contributed by atoms with Crippen LogP contribution in [0.5, 0.6) is 0 Å². The predicted octanol–water partition coefficient (Wildman–Crippen LogP) is 3.64. The van der Waals surface area contributed by atoms with Crippen LogP contribution in [-0.2, 0) is 13.2 Å². The lowest BCUT2D eigenvalue weighted by Gasteiger charge is -2.27. The van der Waals surface area contributed by atoms with Crippen LogP contribution in [0, 0.1) is 0 Å². The monoisotopic (exact) mass is 609 g/mol. The predicted molar refractivity (Wildman–Crippen MR) is 148 cm³/mol. The number of carbonyl (C=O) groups is 2. The first-order valence-electron chi connectivity index (χ1n) is 12.0. The number of anilines is 2. The van der Waals surface area contributed by atoms with Crippen molar-refractivity contribution in [1.82, 2.24) is 34.5 Å². The number of rotatable bonds is 5. The first-order valence-corrected chi connectivity index (χ1v) is 12.4. The van der Waals surface area contributed by atoms with Crippen molar-refractivity contribution >= 4 is 47.2 Å². The van der Waals surface area contributed by atoms with Gasteiger partial charge in [0.25, 0.3) is 11.8 Å². The molecule has 16 heteroatoms. The third kappa shape index (κ3) is 6.14. The largest absolute Gasteiger partial charge is 0.435 e. The lowest BCUT2D eigenvalue weighted by Crippen LogP contribution is -2.46. The second-order valence-corrected chi connectivity index (χ2v) is 9.41. The summed E-state index contributed by atoms with van der Waals surface area (Å²) in [6.45, 7) is 2.49. The van der Waals surface area contributed by atoms with E-state index in [2.05, 4.69) is 25.7 Å². The summed E-state index contributed by atoms with van der Waals surface area (Å²) in [5.41, 5.74) is 5.10. The van der Waals surface area contributed by atoms with Gasteiger partial charge in [0.15, 0.2) is 17.3 Å². The number of alkyl halides is 3. The zero-order valence-corrected chi connectivity index (χ0v) is 23.0. The van der Waals surface area contributed by atoms with Crippen LogP contribution in [0.25, 0.3) is 17.1 Å². The van der Waals surface area contributed by atoms with Crippen molar-refractivity contribution in [1.29, 1.82) is 0 Å². The van der Waals surface area contributed by atoms with Crippen LogP contribution < -0.4 is 16.4 Å². The summed E-state index contributed by atoms with van der Waals surface area (Å²) in [7, 11) is 1.42. The summed E-state index contributed by atoms with van der Waals surface area (Å²) >= 11 is 6.35. The lowest BCUT2D eigenvalue weighted by molar-refractivity contribution is -0.140. The van der Waals surface area contributed by atoms with Crippen molar-refractivity contribution in [2.75, 3.05) is 37.2 Å². The number of amides is 2. The Morgan fingerprint density at radius 2 is 1.83 bits per heavy atom. The van der Waals surface area contributed by atoms with E-state index in [4.69, 9.17) is 17.3 Å². The highest BCUT2D eigenvalue weighted by molar-refractivity contribution is 6.34. The van der Waals surface area contributed by atoms with Gasteiger partial charge in [-0.1, -0.05) is 11.6 Å². The van der Waals surface area contributed by atoms with Crippen LogP contribution in [0.2, 0.25) is 5.02 Å². The maximum absolute atomic E-state index is 13.9. The Labute approximate surface area is 242 Å². The average Bonchev–Trinajstić information content (AvgIpc) is 3.53. The van der Waals surface area contributed by atoms with Crippen LogP contribution in [0.1, 0.15) is 26.7 Å². The van der Waals surface area contributed by atoms with E-state index < -0.39 is 17.8 Å². The molecular formula is C25H24Cl2F3N9O2. The molecule has 0 unspecified atom stereocenters. The van der Waals surface area contributed by atoms with Gasteiger partial charge in [-0.25, -0.2) is 14.6 Å². The highest BCUT2D eigenvalue weighted by Crippen LogP contribution is 2.37. The average molecular weight is 610 g/mol. The first-order chi connectivity index (χ1) is 19.0. The molecule has 11 nitrogen and oxygen atoms in total. The Balaban J connectivity index is 0.00000387. The maximum atomic E-state index is 13.9. The molecule has 0 atom stereocenters. The van der Waals surface area contributed by atoms with Gasteiger partial charge < -0.3 is 25.8 Å². The Morgan fingerprint density at radius 3 is 2.46 bits per heavy atom. The second kappa shape index (κ2) is 11.8. The van der Waals surface area contributed by atoms with Gasteiger partial charge in [-0.3, -0.25) is 9.59 Å². The second-order valence-electron chi connectivity index (χ2n) is 9.00. The molecule has 1 saturated heterocycles. The number of pyridine rings is 1. The van der Waals surface area contributed by atoms with Gasteiger partial charge in [0.2, 0.25) is 0 Å². The Hall–Kier alpha value is -4.14. The number of hydrogen-bond donors (Lipinski definition) is 3. The third-order valence-corrected chi connectivity index (χ3v) is 6.63. The number of imidazole rings is 1. The molecule has 5 rings (SSSR count). The third-order valence-electron chi connectivity index (χ3n) is 6.32. The van der Waals surface area contributed by atoms with Gasteiger partial charge in [-0.15, -0.1) is 12.4 Å². The summed E-state index contributed by atoms with van der Waals surface area (Å²) in [4.78, 5) is 35.5. The Kier molecular flexibility index (Phi) is 8.56. The number of hydrogen-bond acceptors (Lipinski definition) is 7. The van der Waals surface area contributed by atoms with Gasteiger partial charge in [-0.05, 0) is 30.3 Å². The van der Waals surface area contributed by atoms with Crippen molar-refractivity contribution in [3.63, 3.8) is 0 Å². The highest BCUT2D eigenvalue weighted by atomic mass is 35.5. The van der Waals surface area contributed by atoms with E-state index in [9.17, 15) is 22.8 Å². The number of aromatic nitrogens is 5. The molecule has 41 heavy (non-hydrogen) atoms. The van der Waals surface area contributed by atoms with Crippen LogP contribution in [0.3, 0.4) is 0 Å². The van der Waals surface area contributed by atoms with E-state index in [1.165, 1.54) is 48.1 Å². The number of benzene rings is 1. The molecule has 4 heterocycles. The van der Waals surface area contributed by atoms with Crippen LogP contribution >= 0.6 is 24.0 Å². The summed E-state index contributed by atoms with van der Waals surface area (Å²) < 4.78 is 43.9. The number of nitrogen functional groups attached to an aromatic ring is 1. The van der Waals surface area contributed by atoms with E-state index in [-0.39, 0.29) is 51.9 Å². The van der Waals surface area contributed by atoms with Gasteiger partial charge >= 0.3 is 6.18 Å². The number of nitrogens with two attached hydrogens (primary N) is 1. The van der Waals surface area contributed by atoms with Crippen LogP contribution in [-0.4, -0.2) is 67.2 Å². The van der Waals surface area contributed by atoms with E-state index in [1.54, 1.807) is 4.90 Å². The number of piperazine rings is 1. The number of nitrogens with one attached hydrogen (secondary N) is 2. The Morgan fingerprint density at radius 1 is 1.10 bits per heavy atom. The van der Waals surface area contributed by atoms with Gasteiger partial charge in [0, 0.05) is 45.1 Å². The minimum atomic E-state index is -4.79. The molecule has 3 aromatic heterocycles. The van der Waals surface area contributed by atoms with Crippen molar-refractivity contribution in [3.8, 4) is 17.1 Å². The number of halogens is 5. The summed E-state index contributed by atoms with van der Waals surface area (Å²) in [5, 5.41) is 9.63. The summed E-state index contributed by atoms with van der Waals surface area (Å²) in [6, 6.07) is 7.39. The SMILES string of the molecule is Cl.Cn1c(-c2cn(-c3ccc(N)cn3)nc2C(F)(F)F)cnc1C(=O)Nc1ccc(C(=O)N2CCNCC2)c(Cl)c1. The molecule has 0 bridgehead atoms. The van der Waals surface area contributed by atoms with E-state index in [0.717, 1.165) is 17.1 Å². The molecule has 4 aromatic rings. The number of nitrogens with zero attached hydrogens (tertiary/aromatic N) is 6. The van der Waals surface area contributed by atoms with E-state index in [1.807, 2.05) is 0 Å². The zero-order chi connectivity index (χ0) is 28.6. The van der Waals surface area contributed by atoms with Crippen molar-refractivity contribution in [2.45, 2.75) is 6.18 Å². The summed E-state index contributed by atoms with van der Waals surface area (Å²) in [6.07, 6.45) is -1.17. The lowest BCUT2D eigenvalue weighted by atomic mass is 10.1. The summed E-state index contributed by atoms with van der Waals surface area (Å²) in [5.74, 6) is -0.930. The quantitative estimate of drug-likeness (QED) is 0.314. The van der Waals surface area contributed by atoms with E-state index >= 15 is 0 Å². The fourth-order valence-electron chi connectivity index (χ4n) is 4.28. The van der Waals surface area contributed by atoms with Gasteiger partial charge in [0.1, 0.15) is 0 Å². The molecule has 4 N–H and O–H groups in total. The molecule has 1 aromatic carbocycles. The topological polar surface area (TPSA) is 136 Å². The smallest absolute Gasteiger partial charge is 0.397 e. The Bertz CT molecular complexity index is 1580. The van der Waals surface area contributed by atoms with Crippen molar-refractivity contribution < 1.29 is 22.8 Å². The highest BCUT2D eigenvalue weighted by Gasteiger charge is 2.39. The molecule has 1 fully saturated rings. The minimum absolute atomic E-state index is 0. The normalized spacial score (nSPS) is 13.5. The first kappa shape index (κ1) is 29.8. The molecule has 1 aliphatic rings. The number of carbonyl (C=O) groups excluding carboxylic acids is 2. The van der Waals surface area contributed by atoms with Crippen LogP contribution in [0.15, 0.2) is 48.9 Å². The zero-order valence-electron chi connectivity index (χ0n) is 21.4. The van der Waals surface area contributed by atoms with E-state index in [0.29, 0.717) is 37.4 Å². The molecule has 1 aliphatic heterocycles. The fourth-order valence-corrected chi connectivity index (χ4v) is 4.54. The molecule has 0 saturated carbocycles.